The Hall–Kier alpha value is -3.53. The smallest absolute Gasteiger partial charge is 0.264 e. The zero-order chi connectivity index (χ0) is 20.5. The zero-order valence-corrected chi connectivity index (χ0v) is 16.6. The standard InChI is InChI=1S/C19H21N7O2S/c1-14(9-10-15-6-3-2-4-7-15)22-23-18-24-25-19(26(18)20)29-13-17(27)21-12-16-8-5-11-28-16/h2-11H,12-13,20H2,1H3,(H,21,27)(H,23,24)/b10-9+,22-14+. The molecule has 1 amide bonds. The van der Waals surface area contributed by atoms with Gasteiger partial charge in [-0.05, 0) is 30.7 Å². The molecule has 0 radical (unpaired) electrons. The lowest BCUT2D eigenvalue weighted by Gasteiger charge is -2.04. The molecule has 2 aromatic heterocycles. The third-order valence-electron chi connectivity index (χ3n) is 3.69. The Morgan fingerprint density at radius 2 is 2.10 bits per heavy atom. The maximum absolute atomic E-state index is 11.9. The number of aromatic nitrogens is 3. The monoisotopic (exact) mass is 411 g/mol. The second-order valence-electron chi connectivity index (χ2n) is 5.93. The quantitative estimate of drug-likeness (QED) is 0.214. The van der Waals surface area contributed by atoms with Crippen LogP contribution in [0.3, 0.4) is 0 Å². The number of nitrogens with zero attached hydrogens (tertiary/aromatic N) is 4. The summed E-state index contributed by atoms with van der Waals surface area (Å²) < 4.78 is 6.42. The van der Waals surface area contributed by atoms with Crippen molar-refractivity contribution in [2.45, 2.75) is 18.6 Å². The number of rotatable bonds is 9. The first-order chi connectivity index (χ1) is 14.1. The molecule has 0 bridgehead atoms. The average molecular weight is 411 g/mol. The van der Waals surface area contributed by atoms with E-state index in [0.717, 1.165) is 11.3 Å². The summed E-state index contributed by atoms with van der Waals surface area (Å²) in [5.41, 5.74) is 4.59. The van der Waals surface area contributed by atoms with Crippen molar-refractivity contribution < 1.29 is 9.21 Å². The first kappa shape index (κ1) is 20.2. The van der Waals surface area contributed by atoms with Crippen LogP contribution in [0, 0.1) is 0 Å². The van der Waals surface area contributed by atoms with E-state index >= 15 is 0 Å². The molecular weight excluding hydrogens is 390 g/mol. The number of furan rings is 1. The minimum absolute atomic E-state index is 0.151. The summed E-state index contributed by atoms with van der Waals surface area (Å²) in [5.74, 6) is 6.91. The normalized spacial score (nSPS) is 11.7. The molecule has 0 aliphatic heterocycles. The summed E-state index contributed by atoms with van der Waals surface area (Å²) in [5, 5.41) is 15.3. The number of anilines is 1. The zero-order valence-electron chi connectivity index (χ0n) is 15.8. The lowest BCUT2D eigenvalue weighted by atomic mass is 10.2. The highest BCUT2D eigenvalue weighted by atomic mass is 32.2. The van der Waals surface area contributed by atoms with Gasteiger partial charge < -0.3 is 15.6 Å². The molecule has 10 heteroatoms. The second kappa shape index (κ2) is 10.1. The number of benzene rings is 1. The summed E-state index contributed by atoms with van der Waals surface area (Å²) in [6.07, 6.45) is 5.39. The molecule has 0 saturated carbocycles. The number of hydrogen-bond acceptors (Lipinski definition) is 8. The van der Waals surface area contributed by atoms with Crippen LogP contribution in [0.15, 0.2) is 69.5 Å². The van der Waals surface area contributed by atoms with E-state index in [1.54, 1.807) is 18.4 Å². The van der Waals surface area contributed by atoms with Gasteiger partial charge in [0.1, 0.15) is 5.76 Å². The van der Waals surface area contributed by atoms with Gasteiger partial charge in [-0.3, -0.25) is 4.79 Å². The van der Waals surface area contributed by atoms with Crippen LogP contribution < -0.4 is 16.6 Å². The van der Waals surface area contributed by atoms with Crippen LogP contribution >= 0.6 is 11.8 Å². The van der Waals surface area contributed by atoms with Gasteiger partial charge in [0.05, 0.1) is 24.3 Å². The number of nitrogens with one attached hydrogen (secondary N) is 2. The number of hydrogen-bond donors (Lipinski definition) is 3. The third kappa shape index (κ3) is 6.25. The van der Waals surface area contributed by atoms with Gasteiger partial charge in [0.25, 0.3) is 5.95 Å². The maximum Gasteiger partial charge on any atom is 0.264 e. The van der Waals surface area contributed by atoms with Crippen LogP contribution in [0.25, 0.3) is 6.08 Å². The van der Waals surface area contributed by atoms with Crippen molar-refractivity contribution in [3.63, 3.8) is 0 Å². The van der Waals surface area contributed by atoms with Crippen molar-refractivity contribution in [1.82, 2.24) is 20.2 Å². The van der Waals surface area contributed by atoms with Crippen LogP contribution in [-0.4, -0.2) is 32.2 Å². The Labute approximate surface area is 172 Å². The molecule has 4 N–H and O–H groups in total. The second-order valence-corrected chi connectivity index (χ2v) is 6.87. The molecule has 150 valence electrons. The predicted molar refractivity (Wildman–Crippen MR) is 114 cm³/mol. The van der Waals surface area contributed by atoms with E-state index in [1.165, 1.54) is 16.4 Å². The molecule has 1 aromatic carbocycles. The summed E-state index contributed by atoms with van der Waals surface area (Å²) in [6.45, 7) is 2.18. The molecule has 0 aliphatic carbocycles. The number of carbonyl (C=O) groups excluding carboxylic acids is 1. The average Bonchev–Trinajstić information content (AvgIpc) is 3.38. The molecule has 2 heterocycles. The van der Waals surface area contributed by atoms with Gasteiger partial charge in [0.2, 0.25) is 11.1 Å². The molecule has 0 atom stereocenters. The van der Waals surface area contributed by atoms with Crippen LogP contribution in [0.1, 0.15) is 18.2 Å². The van der Waals surface area contributed by atoms with Gasteiger partial charge in [-0.2, -0.15) is 5.10 Å². The number of nitrogens with two attached hydrogens (primary N) is 1. The number of carbonyl (C=O) groups is 1. The van der Waals surface area contributed by atoms with E-state index in [1.807, 2.05) is 49.4 Å². The first-order valence-electron chi connectivity index (χ1n) is 8.77. The van der Waals surface area contributed by atoms with Crippen molar-refractivity contribution in [2.75, 3.05) is 17.0 Å². The summed E-state index contributed by atoms with van der Waals surface area (Å²) in [7, 11) is 0. The van der Waals surface area contributed by atoms with Crippen molar-refractivity contribution in [2.24, 2.45) is 5.10 Å². The summed E-state index contributed by atoms with van der Waals surface area (Å²) >= 11 is 1.17. The number of hydrazone groups is 1. The van der Waals surface area contributed by atoms with E-state index in [0.29, 0.717) is 17.5 Å². The van der Waals surface area contributed by atoms with Crippen molar-refractivity contribution in [1.29, 1.82) is 0 Å². The van der Waals surface area contributed by atoms with Crippen molar-refractivity contribution in [3.8, 4) is 0 Å². The van der Waals surface area contributed by atoms with Gasteiger partial charge in [-0.25, -0.2) is 10.1 Å². The van der Waals surface area contributed by atoms with Crippen LogP contribution in [0.2, 0.25) is 0 Å². The first-order valence-corrected chi connectivity index (χ1v) is 9.76. The molecule has 0 saturated heterocycles. The highest BCUT2D eigenvalue weighted by molar-refractivity contribution is 7.99. The SMILES string of the molecule is CC(/C=C/c1ccccc1)=N\Nc1nnc(SCC(=O)NCc2ccco2)n1N. The number of thioether (sulfide) groups is 1. The fourth-order valence-corrected chi connectivity index (χ4v) is 2.87. The Kier molecular flexibility index (Phi) is 7.06. The largest absolute Gasteiger partial charge is 0.467 e. The minimum Gasteiger partial charge on any atom is -0.467 e. The van der Waals surface area contributed by atoms with E-state index in [9.17, 15) is 4.79 Å². The molecule has 0 fully saturated rings. The lowest BCUT2D eigenvalue weighted by Crippen LogP contribution is -2.24. The van der Waals surface area contributed by atoms with Gasteiger partial charge >= 0.3 is 0 Å². The van der Waals surface area contributed by atoms with Crippen molar-refractivity contribution >= 4 is 35.4 Å². The molecule has 3 aromatic rings. The van der Waals surface area contributed by atoms with E-state index in [2.05, 4.69) is 26.0 Å². The maximum atomic E-state index is 11.9. The Morgan fingerprint density at radius 3 is 2.86 bits per heavy atom. The highest BCUT2D eigenvalue weighted by Crippen LogP contribution is 2.16. The highest BCUT2D eigenvalue weighted by Gasteiger charge is 2.12. The van der Waals surface area contributed by atoms with Gasteiger partial charge in [-0.15, -0.1) is 10.2 Å². The van der Waals surface area contributed by atoms with E-state index < -0.39 is 0 Å². The minimum atomic E-state index is -0.163. The topological polar surface area (TPSA) is 123 Å². The molecule has 3 rings (SSSR count). The molecule has 0 unspecified atom stereocenters. The third-order valence-corrected chi connectivity index (χ3v) is 4.63. The van der Waals surface area contributed by atoms with Crippen LogP contribution in [0.5, 0.6) is 0 Å². The Bertz CT molecular complexity index is 981. The molecule has 0 aliphatic rings. The van der Waals surface area contributed by atoms with Gasteiger partial charge in [0, 0.05) is 0 Å². The number of allylic oxidation sites excluding steroid dienone is 1. The van der Waals surface area contributed by atoms with Gasteiger partial charge in [-0.1, -0.05) is 48.2 Å². The summed E-state index contributed by atoms with van der Waals surface area (Å²) in [4.78, 5) is 11.9. The van der Waals surface area contributed by atoms with Crippen LogP contribution in [0.4, 0.5) is 5.95 Å². The number of nitrogen functional groups attached to an aromatic ring is 1. The van der Waals surface area contributed by atoms with Crippen molar-refractivity contribution in [3.05, 3.63) is 66.1 Å². The van der Waals surface area contributed by atoms with E-state index in [-0.39, 0.29) is 17.6 Å². The Balaban J connectivity index is 1.48. The van der Waals surface area contributed by atoms with Crippen LogP contribution in [-0.2, 0) is 11.3 Å². The number of amides is 1. The molecule has 0 spiro atoms. The molecule has 9 nitrogen and oxygen atoms in total. The Morgan fingerprint density at radius 1 is 1.28 bits per heavy atom. The lowest BCUT2D eigenvalue weighted by molar-refractivity contribution is -0.118. The van der Waals surface area contributed by atoms with E-state index in [4.69, 9.17) is 10.3 Å². The summed E-state index contributed by atoms with van der Waals surface area (Å²) in [6, 6.07) is 13.5. The van der Waals surface area contributed by atoms with Gasteiger partial charge in [0.15, 0.2) is 0 Å². The molecular formula is C19H21N7O2S. The fourth-order valence-electron chi connectivity index (χ4n) is 2.19. The predicted octanol–water partition coefficient (Wildman–Crippen LogP) is 2.49. The fraction of sp³-hybridized carbons (Fsp3) is 0.158. The molecule has 29 heavy (non-hydrogen) atoms.